The number of fused-ring (bicyclic) bond motifs is 2. The average Bonchev–Trinajstić information content (AvgIpc) is 2.86. The third-order valence-electron chi connectivity index (χ3n) is 5.83. The van der Waals surface area contributed by atoms with Gasteiger partial charge in [0, 0.05) is 25.0 Å². The summed E-state index contributed by atoms with van der Waals surface area (Å²) < 4.78 is 15.8. The Kier molecular flexibility index (Phi) is 3.98. The van der Waals surface area contributed by atoms with E-state index in [2.05, 4.69) is 0 Å². The molecule has 1 aliphatic carbocycles. The molecule has 0 saturated carbocycles. The molecule has 2 heterocycles. The summed E-state index contributed by atoms with van der Waals surface area (Å²) in [6.45, 7) is 0.409. The van der Waals surface area contributed by atoms with E-state index in [0.717, 1.165) is 5.56 Å². The van der Waals surface area contributed by atoms with Crippen LogP contribution in [0.2, 0.25) is 0 Å². The largest absolute Gasteiger partial charge is 0.493 e. The Hall–Kier alpha value is -2.83. The molecule has 0 radical (unpaired) electrons. The van der Waals surface area contributed by atoms with Crippen molar-refractivity contribution in [2.24, 2.45) is 5.41 Å². The van der Waals surface area contributed by atoms with E-state index in [1.165, 1.54) is 14.2 Å². The number of benzene rings is 1. The van der Waals surface area contributed by atoms with Crippen LogP contribution in [-0.2, 0) is 25.5 Å². The molecule has 7 nitrogen and oxygen atoms in total. The number of rotatable bonds is 3. The number of Topliss-reactive ketones (excluding diaryl/α,β-unsaturated/α-hetero) is 1. The van der Waals surface area contributed by atoms with E-state index in [0.29, 0.717) is 47.7 Å². The fraction of sp³-hybridized carbons (Fsp3) is 0.450. The Morgan fingerprint density at radius 2 is 1.78 bits per heavy atom. The molecule has 0 N–H and O–H groups in total. The Morgan fingerprint density at radius 3 is 2.44 bits per heavy atom. The second kappa shape index (κ2) is 6.11. The first-order valence-corrected chi connectivity index (χ1v) is 8.89. The minimum absolute atomic E-state index is 0.0500. The first-order valence-electron chi connectivity index (χ1n) is 8.89. The number of esters is 1. The molecule has 7 heteroatoms. The van der Waals surface area contributed by atoms with Gasteiger partial charge in [0.2, 0.25) is 5.91 Å². The van der Waals surface area contributed by atoms with Gasteiger partial charge in [-0.05, 0) is 36.1 Å². The molecule has 1 atom stereocenters. The number of methoxy groups -OCH3 is 3. The topological polar surface area (TPSA) is 82.1 Å². The van der Waals surface area contributed by atoms with Crippen LogP contribution in [0.15, 0.2) is 17.8 Å². The Labute approximate surface area is 156 Å². The summed E-state index contributed by atoms with van der Waals surface area (Å²) in [5, 5.41) is 0. The van der Waals surface area contributed by atoms with Gasteiger partial charge in [-0.15, -0.1) is 0 Å². The van der Waals surface area contributed by atoms with Crippen LogP contribution in [0.3, 0.4) is 0 Å². The third-order valence-corrected chi connectivity index (χ3v) is 5.83. The van der Waals surface area contributed by atoms with E-state index in [4.69, 9.17) is 14.2 Å². The maximum Gasteiger partial charge on any atom is 0.318 e. The predicted octanol–water partition coefficient (Wildman–Crippen LogP) is 1.73. The SMILES string of the molecule is COC(=O)C12CCC(=O)C3=C1N(CCc1cc(OC)c(OC)cc13)C(=O)C2. The number of nitrogens with zero attached hydrogens (tertiary/aromatic N) is 1. The van der Waals surface area contributed by atoms with Gasteiger partial charge in [0.05, 0.1) is 27.0 Å². The zero-order valence-corrected chi connectivity index (χ0v) is 15.6. The molecular weight excluding hydrogens is 350 g/mol. The molecule has 3 aliphatic rings. The molecule has 0 spiro atoms. The Morgan fingerprint density at radius 1 is 1.07 bits per heavy atom. The zero-order chi connectivity index (χ0) is 19.3. The van der Waals surface area contributed by atoms with Gasteiger partial charge in [-0.3, -0.25) is 14.4 Å². The summed E-state index contributed by atoms with van der Waals surface area (Å²) in [6, 6.07) is 3.62. The highest BCUT2D eigenvalue weighted by molar-refractivity contribution is 6.25. The lowest BCUT2D eigenvalue weighted by molar-refractivity contribution is -0.151. The molecule has 0 bridgehead atoms. The van der Waals surface area contributed by atoms with Crippen molar-refractivity contribution in [2.45, 2.75) is 25.7 Å². The van der Waals surface area contributed by atoms with Gasteiger partial charge in [-0.2, -0.15) is 0 Å². The number of allylic oxidation sites excluding steroid dienone is 1. The van der Waals surface area contributed by atoms with Gasteiger partial charge in [0.1, 0.15) is 5.41 Å². The third kappa shape index (κ3) is 2.30. The monoisotopic (exact) mass is 371 g/mol. The molecule has 4 rings (SSSR count). The second-order valence-corrected chi connectivity index (χ2v) is 7.06. The van der Waals surface area contributed by atoms with Gasteiger partial charge < -0.3 is 19.1 Å². The number of carbonyl (C=O) groups excluding carboxylic acids is 3. The van der Waals surface area contributed by atoms with Crippen molar-refractivity contribution in [2.75, 3.05) is 27.9 Å². The van der Waals surface area contributed by atoms with Crippen LogP contribution >= 0.6 is 0 Å². The molecule has 1 amide bonds. The molecule has 1 aromatic rings. The van der Waals surface area contributed by atoms with Crippen molar-refractivity contribution in [3.05, 3.63) is 29.0 Å². The van der Waals surface area contributed by atoms with Crippen molar-refractivity contribution in [1.29, 1.82) is 0 Å². The van der Waals surface area contributed by atoms with E-state index >= 15 is 0 Å². The van der Waals surface area contributed by atoms with Crippen LogP contribution in [-0.4, -0.2) is 50.4 Å². The second-order valence-electron chi connectivity index (χ2n) is 7.06. The maximum absolute atomic E-state index is 13.0. The molecule has 1 saturated heterocycles. The molecule has 0 aromatic heterocycles. The number of ether oxygens (including phenoxy) is 3. The molecule has 2 aliphatic heterocycles. The normalized spacial score (nSPS) is 23.6. The smallest absolute Gasteiger partial charge is 0.318 e. The van der Waals surface area contributed by atoms with Crippen LogP contribution in [0.1, 0.15) is 30.4 Å². The fourth-order valence-electron chi connectivity index (χ4n) is 4.56. The minimum Gasteiger partial charge on any atom is -0.493 e. The summed E-state index contributed by atoms with van der Waals surface area (Å²) in [7, 11) is 4.41. The zero-order valence-electron chi connectivity index (χ0n) is 15.6. The quantitative estimate of drug-likeness (QED) is 0.753. The first kappa shape index (κ1) is 17.6. The molecule has 1 aromatic carbocycles. The summed E-state index contributed by atoms with van der Waals surface area (Å²) in [5.41, 5.74) is 1.46. The number of hydrogen-bond acceptors (Lipinski definition) is 6. The van der Waals surface area contributed by atoms with E-state index in [1.54, 1.807) is 18.1 Å². The van der Waals surface area contributed by atoms with Crippen LogP contribution in [0, 0.1) is 5.41 Å². The highest BCUT2D eigenvalue weighted by Crippen LogP contribution is 2.54. The first-order chi connectivity index (χ1) is 13.0. The number of amides is 1. The summed E-state index contributed by atoms with van der Waals surface area (Å²) in [6.07, 6.45) is 1.10. The van der Waals surface area contributed by atoms with E-state index in [-0.39, 0.29) is 24.5 Å². The lowest BCUT2D eigenvalue weighted by atomic mass is 9.71. The molecular formula is C20H21NO6. The number of hydrogen-bond donors (Lipinski definition) is 0. The van der Waals surface area contributed by atoms with Crippen LogP contribution in [0.4, 0.5) is 0 Å². The van der Waals surface area contributed by atoms with E-state index in [9.17, 15) is 14.4 Å². The van der Waals surface area contributed by atoms with Crippen molar-refractivity contribution in [3.8, 4) is 11.5 Å². The molecule has 1 fully saturated rings. The highest BCUT2D eigenvalue weighted by Gasteiger charge is 2.58. The van der Waals surface area contributed by atoms with Gasteiger partial charge in [0.25, 0.3) is 0 Å². The summed E-state index contributed by atoms with van der Waals surface area (Å²) in [4.78, 5) is 40.0. The Balaban J connectivity index is 2.03. The van der Waals surface area contributed by atoms with Crippen molar-refractivity contribution < 1.29 is 28.6 Å². The summed E-state index contributed by atoms with van der Waals surface area (Å²) >= 11 is 0. The van der Waals surface area contributed by atoms with Crippen LogP contribution < -0.4 is 9.47 Å². The molecule has 142 valence electrons. The van der Waals surface area contributed by atoms with E-state index in [1.807, 2.05) is 6.07 Å². The number of carbonyl (C=O) groups is 3. The van der Waals surface area contributed by atoms with Crippen molar-refractivity contribution in [3.63, 3.8) is 0 Å². The Bertz CT molecular complexity index is 902. The van der Waals surface area contributed by atoms with Gasteiger partial charge in [-0.25, -0.2) is 0 Å². The average molecular weight is 371 g/mol. The van der Waals surface area contributed by atoms with Gasteiger partial charge in [-0.1, -0.05) is 0 Å². The maximum atomic E-state index is 13.0. The fourth-order valence-corrected chi connectivity index (χ4v) is 4.56. The van der Waals surface area contributed by atoms with Gasteiger partial charge >= 0.3 is 5.97 Å². The predicted molar refractivity (Wildman–Crippen MR) is 95.2 cm³/mol. The van der Waals surface area contributed by atoms with Gasteiger partial charge in [0.15, 0.2) is 17.3 Å². The minimum atomic E-state index is -1.08. The summed E-state index contributed by atoms with van der Waals surface area (Å²) in [5.74, 6) is 0.401. The molecule has 1 unspecified atom stereocenters. The van der Waals surface area contributed by atoms with Crippen LogP contribution in [0.25, 0.3) is 5.57 Å². The number of ketones is 1. The standard InChI is InChI=1S/C20H21NO6/c1-25-14-8-11-5-7-21-16(23)10-20(19(24)27-3)6-4-13(22)17(18(20)21)12(11)9-15(14)26-2/h8-9H,4-7,10H2,1-3H3. The molecule has 27 heavy (non-hydrogen) atoms. The van der Waals surface area contributed by atoms with E-state index < -0.39 is 11.4 Å². The van der Waals surface area contributed by atoms with Crippen LogP contribution in [0.5, 0.6) is 11.5 Å². The van der Waals surface area contributed by atoms with Crippen molar-refractivity contribution >= 4 is 23.2 Å². The lowest BCUT2D eigenvalue weighted by Gasteiger charge is -2.34. The van der Waals surface area contributed by atoms with Crippen molar-refractivity contribution in [1.82, 2.24) is 4.90 Å². The highest BCUT2D eigenvalue weighted by atomic mass is 16.5. The lowest BCUT2D eigenvalue weighted by Crippen LogP contribution is -2.38.